The number of aromatic nitrogens is 4. The number of hydrogen-bond acceptors (Lipinski definition) is 5. The van der Waals surface area contributed by atoms with Crippen molar-refractivity contribution in [2.24, 2.45) is 12.2 Å². The van der Waals surface area contributed by atoms with E-state index in [1.165, 1.54) is 13.1 Å². The average Bonchev–Trinajstić information content (AvgIpc) is 3.29. The maximum Gasteiger partial charge on any atom is 0.435 e. The Morgan fingerprint density at radius 2 is 1.84 bits per heavy atom. The van der Waals surface area contributed by atoms with Crippen LogP contribution in [0.1, 0.15) is 23.1 Å². The van der Waals surface area contributed by atoms with Gasteiger partial charge in [-0.05, 0) is 40.3 Å². The van der Waals surface area contributed by atoms with Crippen molar-refractivity contribution < 1.29 is 18.0 Å². The fourth-order valence-corrected chi connectivity index (χ4v) is 4.34. The van der Waals surface area contributed by atoms with Gasteiger partial charge in [-0.2, -0.15) is 22.5 Å². The summed E-state index contributed by atoms with van der Waals surface area (Å²) in [5.74, 6) is 0. The first-order chi connectivity index (χ1) is 15.0. The lowest BCUT2D eigenvalue weighted by atomic mass is 9.86. The molecule has 7 nitrogen and oxygen atoms in total. The Morgan fingerprint density at radius 3 is 2.41 bits per heavy atom. The number of nitrogens with zero attached hydrogens (tertiary/aromatic N) is 5. The number of tetrazole rings is 1. The third kappa shape index (κ3) is 4.04. The zero-order chi connectivity index (χ0) is 23.3. The van der Waals surface area contributed by atoms with Gasteiger partial charge in [0.05, 0.1) is 12.3 Å². The second-order valence-corrected chi connectivity index (χ2v) is 8.87. The molecule has 3 aromatic rings. The van der Waals surface area contributed by atoms with Crippen molar-refractivity contribution >= 4 is 44.8 Å². The van der Waals surface area contributed by atoms with E-state index in [4.69, 9.17) is 28.0 Å². The molecular weight excluding hydrogens is 538 g/mol. The molecule has 0 bridgehead atoms. The van der Waals surface area contributed by atoms with Gasteiger partial charge in [0, 0.05) is 39.1 Å². The zero-order valence-corrected chi connectivity index (χ0v) is 19.3. The second-order valence-electron chi connectivity index (χ2n) is 7.14. The Balaban J connectivity index is 1.64. The monoisotopic (exact) mass is 549 g/mol. The molecule has 0 saturated heterocycles. The van der Waals surface area contributed by atoms with Gasteiger partial charge in [0.25, 0.3) is 5.60 Å². The van der Waals surface area contributed by atoms with Crippen LogP contribution in [0.2, 0.25) is 10.0 Å². The Labute approximate surface area is 197 Å². The molecule has 4 rings (SSSR count). The minimum Gasteiger partial charge on any atom is -0.374 e. The van der Waals surface area contributed by atoms with Gasteiger partial charge in [-0.25, -0.2) is 4.79 Å². The quantitative estimate of drug-likeness (QED) is 0.473. The first kappa shape index (κ1) is 22.8. The fraction of sp³-hybridized carbons (Fsp3) is 0.263. The first-order valence-electron chi connectivity index (χ1n) is 9.04. The molecule has 0 aliphatic carbocycles. The van der Waals surface area contributed by atoms with E-state index in [9.17, 15) is 18.0 Å². The summed E-state index contributed by atoms with van der Waals surface area (Å²) in [6.45, 7) is 0.129. The van der Waals surface area contributed by atoms with E-state index in [0.29, 0.717) is 15.6 Å². The SMILES string of the molecule is Cn1nnn(Cc2ccc(C3=NOC(c4cc(Cl)cc(Cl)c4)(C(F)(F)F)C3)cc2Br)c1=O. The summed E-state index contributed by atoms with van der Waals surface area (Å²) in [4.78, 5) is 16.9. The molecule has 2 aromatic carbocycles. The van der Waals surface area contributed by atoms with Crippen LogP contribution in [0.4, 0.5) is 13.2 Å². The van der Waals surface area contributed by atoms with E-state index < -0.39 is 23.9 Å². The molecule has 0 fully saturated rings. The molecule has 1 aliphatic heterocycles. The van der Waals surface area contributed by atoms with E-state index in [2.05, 4.69) is 31.5 Å². The third-order valence-corrected chi connectivity index (χ3v) is 6.18. The van der Waals surface area contributed by atoms with Gasteiger partial charge in [0.1, 0.15) is 0 Å². The molecule has 0 spiro atoms. The summed E-state index contributed by atoms with van der Waals surface area (Å²) in [5, 5.41) is 11.2. The van der Waals surface area contributed by atoms with E-state index in [1.807, 2.05) is 0 Å². The highest BCUT2D eigenvalue weighted by Crippen LogP contribution is 2.49. The molecule has 32 heavy (non-hydrogen) atoms. The summed E-state index contributed by atoms with van der Waals surface area (Å²) < 4.78 is 45.2. The average molecular weight is 551 g/mol. The predicted octanol–water partition coefficient (Wildman–Crippen LogP) is 4.68. The molecule has 0 radical (unpaired) electrons. The minimum absolute atomic E-state index is 0.0551. The topological polar surface area (TPSA) is 74.3 Å². The summed E-state index contributed by atoms with van der Waals surface area (Å²) in [7, 11) is 1.47. The predicted molar refractivity (Wildman–Crippen MR) is 115 cm³/mol. The van der Waals surface area contributed by atoms with Gasteiger partial charge < -0.3 is 4.84 Å². The van der Waals surface area contributed by atoms with Crippen LogP contribution in [0, 0.1) is 0 Å². The first-order valence-corrected chi connectivity index (χ1v) is 10.6. The molecule has 0 N–H and O–H groups in total. The number of hydrogen-bond donors (Lipinski definition) is 0. The van der Waals surface area contributed by atoms with Gasteiger partial charge >= 0.3 is 11.9 Å². The van der Waals surface area contributed by atoms with Crippen LogP contribution in [0.3, 0.4) is 0 Å². The largest absolute Gasteiger partial charge is 0.435 e. The van der Waals surface area contributed by atoms with Crippen molar-refractivity contribution in [2.75, 3.05) is 0 Å². The molecular formula is C19H13BrCl2F3N5O2. The Hall–Kier alpha value is -2.37. The highest BCUT2D eigenvalue weighted by Gasteiger charge is 2.62. The number of oxime groups is 1. The number of benzene rings is 2. The van der Waals surface area contributed by atoms with Gasteiger partial charge in [-0.15, -0.1) is 0 Å². The molecule has 1 aromatic heterocycles. The Kier molecular flexibility index (Phi) is 5.84. The molecule has 0 amide bonds. The highest BCUT2D eigenvalue weighted by molar-refractivity contribution is 9.10. The van der Waals surface area contributed by atoms with Crippen molar-refractivity contribution in [1.29, 1.82) is 0 Å². The summed E-state index contributed by atoms with van der Waals surface area (Å²) >= 11 is 15.2. The standard InChI is InChI=1S/C19H13BrCl2F3N5O2/c1-29-17(31)30(28-27-29)9-11-3-2-10(4-15(11)20)16-8-18(32-26-16,19(23,24)25)12-5-13(21)7-14(22)6-12/h2-7H,8-9H2,1H3. The van der Waals surface area contributed by atoms with Crippen molar-refractivity contribution in [3.63, 3.8) is 0 Å². The Bertz CT molecular complexity index is 1270. The second kappa shape index (κ2) is 8.20. The molecule has 13 heteroatoms. The van der Waals surface area contributed by atoms with Crippen LogP contribution < -0.4 is 5.69 Å². The molecule has 2 heterocycles. The van der Waals surface area contributed by atoms with Crippen molar-refractivity contribution in [3.05, 3.63) is 78.1 Å². The molecule has 1 unspecified atom stereocenters. The highest BCUT2D eigenvalue weighted by atomic mass is 79.9. The van der Waals surface area contributed by atoms with Crippen LogP contribution in [-0.2, 0) is 24.0 Å². The molecule has 0 saturated carbocycles. The summed E-state index contributed by atoms with van der Waals surface area (Å²) in [6, 6.07) is 8.53. The van der Waals surface area contributed by atoms with Crippen LogP contribution in [0.5, 0.6) is 0 Å². The minimum atomic E-state index is -4.78. The van der Waals surface area contributed by atoms with Crippen molar-refractivity contribution in [2.45, 2.75) is 24.7 Å². The van der Waals surface area contributed by atoms with Gasteiger partial charge in [0.2, 0.25) is 0 Å². The van der Waals surface area contributed by atoms with Gasteiger partial charge in [0.15, 0.2) is 0 Å². The number of halogens is 6. The van der Waals surface area contributed by atoms with Crippen molar-refractivity contribution in [3.8, 4) is 0 Å². The lowest BCUT2D eigenvalue weighted by molar-refractivity contribution is -0.275. The third-order valence-electron chi connectivity index (χ3n) is 5.00. The number of alkyl halides is 3. The van der Waals surface area contributed by atoms with E-state index >= 15 is 0 Å². The van der Waals surface area contributed by atoms with Crippen LogP contribution >= 0.6 is 39.1 Å². The van der Waals surface area contributed by atoms with Gasteiger partial charge in [-0.1, -0.05) is 56.4 Å². The maximum absolute atomic E-state index is 14.1. The van der Waals surface area contributed by atoms with Crippen LogP contribution in [0.15, 0.2) is 50.8 Å². The molecule has 1 aliphatic rings. The van der Waals surface area contributed by atoms with Crippen LogP contribution in [0.25, 0.3) is 0 Å². The number of aryl methyl sites for hydroxylation is 1. The smallest absolute Gasteiger partial charge is 0.374 e. The normalized spacial score (nSPS) is 18.5. The number of rotatable bonds is 4. The lowest BCUT2D eigenvalue weighted by Gasteiger charge is -2.29. The Morgan fingerprint density at radius 1 is 1.16 bits per heavy atom. The summed E-state index contributed by atoms with van der Waals surface area (Å²) in [5.41, 5.74) is -2.15. The van der Waals surface area contributed by atoms with Gasteiger partial charge in [-0.3, -0.25) is 0 Å². The lowest BCUT2D eigenvalue weighted by Crippen LogP contribution is -2.42. The molecule has 168 valence electrons. The zero-order valence-electron chi connectivity index (χ0n) is 16.2. The van der Waals surface area contributed by atoms with E-state index in [0.717, 1.165) is 21.5 Å². The van der Waals surface area contributed by atoms with Crippen LogP contribution in [-0.4, -0.2) is 31.7 Å². The molecule has 1 atom stereocenters. The fourth-order valence-electron chi connectivity index (χ4n) is 3.31. The van der Waals surface area contributed by atoms with Crippen molar-refractivity contribution in [1.82, 2.24) is 19.8 Å². The summed E-state index contributed by atoms with van der Waals surface area (Å²) in [6.07, 6.45) is -5.35. The maximum atomic E-state index is 14.1. The van der Waals surface area contributed by atoms with E-state index in [1.54, 1.807) is 18.2 Å². The van der Waals surface area contributed by atoms with E-state index in [-0.39, 0.29) is 27.9 Å².